The molecule has 0 bridgehead atoms. The summed E-state index contributed by atoms with van der Waals surface area (Å²) < 4.78 is 0.854. The van der Waals surface area contributed by atoms with E-state index in [1.165, 1.54) is 11.3 Å². The van der Waals surface area contributed by atoms with Crippen LogP contribution in [0.3, 0.4) is 0 Å². The van der Waals surface area contributed by atoms with Crippen LogP contribution in [0.15, 0.2) is 40.3 Å². The van der Waals surface area contributed by atoms with Gasteiger partial charge in [-0.1, -0.05) is 29.5 Å². The van der Waals surface area contributed by atoms with Gasteiger partial charge >= 0.3 is 0 Å². The van der Waals surface area contributed by atoms with Crippen molar-refractivity contribution in [2.75, 3.05) is 11.1 Å². The molecule has 0 atom stereocenters. The van der Waals surface area contributed by atoms with Crippen molar-refractivity contribution in [1.82, 2.24) is 9.97 Å². The molecule has 0 aliphatic carbocycles. The van der Waals surface area contributed by atoms with Gasteiger partial charge in [-0.05, 0) is 28.1 Å². The van der Waals surface area contributed by atoms with E-state index in [0.717, 1.165) is 9.17 Å². The fraction of sp³-hybridized carbons (Fsp3) is 0. The molecule has 3 N–H and O–H groups in total. The molecule has 20 heavy (non-hydrogen) atoms. The first kappa shape index (κ1) is 13.0. The Hall–Kier alpha value is -1.99. The SMILES string of the molecule is Nc1cc(C(=O)Nc2ncc(Br)s2)c2ccccc2n1. The van der Waals surface area contributed by atoms with E-state index in [1.54, 1.807) is 12.3 Å². The Kier molecular flexibility index (Phi) is 3.37. The van der Waals surface area contributed by atoms with Crippen LogP contribution in [0, 0.1) is 0 Å². The highest BCUT2D eigenvalue weighted by Crippen LogP contribution is 2.25. The summed E-state index contributed by atoms with van der Waals surface area (Å²) in [6.07, 6.45) is 1.64. The molecule has 0 fully saturated rings. The number of hydrogen-bond acceptors (Lipinski definition) is 5. The van der Waals surface area contributed by atoms with Crippen molar-refractivity contribution in [3.63, 3.8) is 0 Å². The summed E-state index contributed by atoms with van der Waals surface area (Å²) in [6, 6.07) is 8.95. The van der Waals surface area contributed by atoms with E-state index in [2.05, 4.69) is 31.2 Å². The van der Waals surface area contributed by atoms with Gasteiger partial charge in [-0.3, -0.25) is 10.1 Å². The van der Waals surface area contributed by atoms with Gasteiger partial charge in [-0.15, -0.1) is 0 Å². The molecule has 3 rings (SSSR count). The smallest absolute Gasteiger partial charge is 0.258 e. The standard InChI is InChI=1S/C13H9BrN4OS/c14-10-6-16-13(20-10)18-12(19)8-5-11(15)17-9-4-2-1-3-7(8)9/h1-6H,(H2,15,17)(H,16,18,19). The van der Waals surface area contributed by atoms with Crippen LogP contribution in [0.5, 0.6) is 0 Å². The van der Waals surface area contributed by atoms with Gasteiger partial charge in [0.05, 0.1) is 21.1 Å². The molecule has 0 saturated carbocycles. The largest absolute Gasteiger partial charge is 0.384 e. The van der Waals surface area contributed by atoms with Crippen molar-refractivity contribution in [2.24, 2.45) is 0 Å². The number of carbonyl (C=O) groups excluding carboxylic acids is 1. The van der Waals surface area contributed by atoms with E-state index in [4.69, 9.17) is 5.73 Å². The van der Waals surface area contributed by atoms with Gasteiger partial charge in [0.15, 0.2) is 5.13 Å². The number of thiazole rings is 1. The molecule has 100 valence electrons. The Bertz CT molecular complexity index is 802. The number of amides is 1. The van der Waals surface area contributed by atoms with E-state index in [1.807, 2.05) is 24.3 Å². The van der Waals surface area contributed by atoms with Crippen molar-refractivity contribution in [1.29, 1.82) is 0 Å². The molecular weight excluding hydrogens is 340 g/mol. The Morgan fingerprint density at radius 3 is 2.90 bits per heavy atom. The fourth-order valence-corrected chi connectivity index (χ4v) is 2.96. The van der Waals surface area contributed by atoms with Crippen molar-refractivity contribution in [2.45, 2.75) is 0 Å². The lowest BCUT2D eigenvalue weighted by Gasteiger charge is -2.07. The number of nitrogens with zero attached hydrogens (tertiary/aromatic N) is 2. The summed E-state index contributed by atoms with van der Waals surface area (Å²) in [4.78, 5) is 20.6. The number of fused-ring (bicyclic) bond motifs is 1. The first-order valence-corrected chi connectivity index (χ1v) is 7.32. The van der Waals surface area contributed by atoms with Gasteiger partial charge in [0.25, 0.3) is 5.91 Å². The minimum Gasteiger partial charge on any atom is -0.384 e. The highest BCUT2D eigenvalue weighted by molar-refractivity contribution is 9.11. The minimum absolute atomic E-state index is 0.253. The summed E-state index contributed by atoms with van der Waals surface area (Å²) in [5, 5.41) is 4.04. The third-order valence-corrected chi connectivity index (χ3v) is 4.07. The van der Waals surface area contributed by atoms with Crippen molar-refractivity contribution in [3.8, 4) is 0 Å². The van der Waals surface area contributed by atoms with Gasteiger partial charge in [0, 0.05) is 5.39 Å². The van der Waals surface area contributed by atoms with Gasteiger partial charge in [-0.25, -0.2) is 9.97 Å². The highest BCUT2D eigenvalue weighted by atomic mass is 79.9. The van der Waals surface area contributed by atoms with Crippen molar-refractivity contribution in [3.05, 3.63) is 45.9 Å². The van der Waals surface area contributed by atoms with Gasteiger partial charge in [0.1, 0.15) is 5.82 Å². The molecule has 0 radical (unpaired) electrons. The molecule has 1 aromatic carbocycles. The van der Waals surface area contributed by atoms with Gasteiger partial charge in [-0.2, -0.15) is 0 Å². The lowest BCUT2D eigenvalue weighted by Crippen LogP contribution is -2.13. The Morgan fingerprint density at radius 2 is 2.15 bits per heavy atom. The molecular formula is C13H9BrN4OS. The lowest BCUT2D eigenvalue weighted by atomic mass is 10.1. The molecule has 7 heteroatoms. The molecule has 3 aromatic rings. The summed E-state index contributed by atoms with van der Waals surface area (Å²) in [5.74, 6) is 0.0614. The highest BCUT2D eigenvalue weighted by Gasteiger charge is 2.13. The predicted octanol–water partition coefficient (Wildman–Crippen LogP) is 3.29. The number of nitrogens with one attached hydrogen (secondary N) is 1. The zero-order chi connectivity index (χ0) is 14.1. The number of para-hydroxylation sites is 1. The summed E-state index contributed by atoms with van der Waals surface area (Å²) in [5.41, 5.74) is 6.93. The number of carbonyl (C=O) groups is 1. The normalized spacial score (nSPS) is 10.7. The number of hydrogen-bond donors (Lipinski definition) is 2. The van der Waals surface area contributed by atoms with E-state index in [9.17, 15) is 4.79 Å². The van der Waals surface area contributed by atoms with Crippen LogP contribution in [0.25, 0.3) is 10.9 Å². The second kappa shape index (κ2) is 5.18. The summed E-state index contributed by atoms with van der Waals surface area (Å²) in [6.45, 7) is 0. The molecule has 0 aliphatic rings. The third-order valence-electron chi connectivity index (χ3n) is 2.68. The second-order valence-electron chi connectivity index (χ2n) is 4.04. The van der Waals surface area contributed by atoms with Gasteiger partial charge in [0.2, 0.25) is 0 Å². The number of halogens is 1. The third kappa shape index (κ3) is 2.50. The van der Waals surface area contributed by atoms with Crippen LogP contribution in [-0.4, -0.2) is 15.9 Å². The lowest BCUT2D eigenvalue weighted by molar-refractivity contribution is 0.102. The molecule has 5 nitrogen and oxygen atoms in total. The van der Waals surface area contributed by atoms with Crippen molar-refractivity contribution >= 4 is 55.0 Å². The number of benzene rings is 1. The summed E-state index contributed by atoms with van der Waals surface area (Å²) in [7, 11) is 0. The maximum absolute atomic E-state index is 12.3. The number of nitrogen functional groups attached to an aromatic ring is 1. The maximum Gasteiger partial charge on any atom is 0.258 e. The summed E-state index contributed by atoms with van der Waals surface area (Å²) >= 11 is 4.65. The Labute approximate surface area is 127 Å². The number of aromatic nitrogens is 2. The fourth-order valence-electron chi connectivity index (χ4n) is 1.86. The first-order chi connectivity index (χ1) is 9.63. The minimum atomic E-state index is -0.253. The first-order valence-electron chi connectivity index (χ1n) is 5.71. The molecule has 2 heterocycles. The maximum atomic E-state index is 12.3. The van der Waals surface area contributed by atoms with Crippen LogP contribution in [0.2, 0.25) is 0 Å². The zero-order valence-corrected chi connectivity index (χ0v) is 12.5. The van der Waals surface area contributed by atoms with Crippen LogP contribution < -0.4 is 11.1 Å². The van der Waals surface area contributed by atoms with Crippen LogP contribution in [0.1, 0.15) is 10.4 Å². The average Bonchev–Trinajstić information content (AvgIpc) is 2.83. The number of pyridine rings is 1. The van der Waals surface area contributed by atoms with Crippen molar-refractivity contribution < 1.29 is 4.79 Å². The zero-order valence-electron chi connectivity index (χ0n) is 10.1. The van der Waals surface area contributed by atoms with Crippen LogP contribution in [-0.2, 0) is 0 Å². The average molecular weight is 349 g/mol. The molecule has 0 unspecified atom stereocenters. The van der Waals surface area contributed by atoms with Gasteiger partial charge < -0.3 is 5.73 Å². The van der Waals surface area contributed by atoms with Crippen LogP contribution >= 0.6 is 27.3 Å². The Morgan fingerprint density at radius 1 is 1.35 bits per heavy atom. The second-order valence-corrected chi connectivity index (χ2v) is 6.45. The number of anilines is 2. The molecule has 0 spiro atoms. The topological polar surface area (TPSA) is 80.9 Å². The molecule has 0 aliphatic heterocycles. The predicted molar refractivity (Wildman–Crippen MR) is 83.9 cm³/mol. The quantitative estimate of drug-likeness (QED) is 0.744. The monoisotopic (exact) mass is 348 g/mol. The Balaban J connectivity index is 2.02. The van der Waals surface area contributed by atoms with E-state index in [-0.39, 0.29) is 5.91 Å². The van der Waals surface area contributed by atoms with E-state index < -0.39 is 0 Å². The van der Waals surface area contributed by atoms with E-state index >= 15 is 0 Å². The number of nitrogens with two attached hydrogens (primary N) is 1. The van der Waals surface area contributed by atoms with Crippen LogP contribution in [0.4, 0.5) is 10.9 Å². The number of rotatable bonds is 2. The molecule has 0 saturated heterocycles. The molecule has 2 aromatic heterocycles. The van der Waals surface area contributed by atoms with E-state index in [0.29, 0.717) is 22.0 Å². The molecule has 1 amide bonds.